The molecule has 0 aliphatic rings. The fourth-order valence-electron chi connectivity index (χ4n) is 2.17. The Morgan fingerprint density at radius 1 is 1.14 bits per heavy atom. The molecule has 0 radical (unpaired) electrons. The van der Waals surface area contributed by atoms with Crippen molar-refractivity contribution in [3.05, 3.63) is 64.2 Å². The summed E-state index contributed by atoms with van der Waals surface area (Å²) < 4.78 is 31.7. The van der Waals surface area contributed by atoms with Gasteiger partial charge in [-0.25, -0.2) is 8.78 Å². The van der Waals surface area contributed by atoms with Crippen molar-refractivity contribution in [3.8, 4) is 5.75 Å². The van der Waals surface area contributed by atoms with Crippen LogP contribution in [0.5, 0.6) is 5.75 Å². The van der Waals surface area contributed by atoms with E-state index in [9.17, 15) is 8.78 Å². The number of ether oxygens (including phenoxy) is 1. The lowest BCUT2D eigenvalue weighted by Gasteiger charge is -2.18. The van der Waals surface area contributed by atoms with Crippen LogP contribution >= 0.6 is 11.6 Å². The molecule has 112 valence electrons. The number of nitrogens with one attached hydrogen (secondary N) is 1. The Labute approximate surface area is 127 Å². The molecule has 1 unspecified atom stereocenters. The van der Waals surface area contributed by atoms with Crippen LogP contribution in [0.3, 0.4) is 0 Å². The molecule has 0 bridgehead atoms. The van der Waals surface area contributed by atoms with Gasteiger partial charge in [-0.05, 0) is 48.9 Å². The van der Waals surface area contributed by atoms with E-state index in [0.717, 1.165) is 23.4 Å². The molecular weight excluding hydrogens is 296 g/mol. The Morgan fingerprint density at radius 3 is 2.33 bits per heavy atom. The summed E-state index contributed by atoms with van der Waals surface area (Å²) in [7, 11) is 3.36. The predicted octanol–water partition coefficient (Wildman–Crippen LogP) is 4.13. The van der Waals surface area contributed by atoms with Gasteiger partial charge in [-0.1, -0.05) is 23.7 Å². The Morgan fingerprint density at radius 2 is 1.76 bits per heavy atom. The van der Waals surface area contributed by atoms with Gasteiger partial charge in [0.15, 0.2) is 11.6 Å². The zero-order valence-electron chi connectivity index (χ0n) is 11.8. The first-order chi connectivity index (χ1) is 10.0. The minimum atomic E-state index is -0.942. The number of benzene rings is 2. The van der Waals surface area contributed by atoms with Gasteiger partial charge in [0.1, 0.15) is 5.75 Å². The summed E-state index contributed by atoms with van der Waals surface area (Å²) in [6.07, 6.45) is 0.602. The van der Waals surface area contributed by atoms with Crippen molar-refractivity contribution in [2.45, 2.75) is 12.5 Å². The van der Waals surface area contributed by atoms with Crippen LogP contribution in [0, 0.1) is 11.6 Å². The lowest BCUT2D eigenvalue weighted by atomic mass is 9.98. The van der Waals surface area contributed by atoms with Crippen LogP contribution in [0.25, 0.3) is 0 Å². The summed E-state index contributed by atoms with van der Waals surface area (Å²) in [6, 6.07) is 9.51. The van der Waals surface area contributed by atoms with Crippen LogP contribution < -0.4 is 10.1 Å². The summed E-state index contributed by atoms with van der Waals surface area (Å²) in [5.74, 6) is -1.07. The molecule has 0 heterocycles. The van der Waals surface area contributed by atoms with Gasteiger partial charge in [0.2, 0.25) is 0 Å². The van der Waals surface area contributed by atoms with Crippen LogP contribution in [-0.2, 0) is 6.42 Å². The molecule has 0 saturated heterocycles. The van der Waals surface area contributed by atoms with Crippen molar-refractivity contribution < 1.29 is 13.5 Å². The number of methoxy groups -OCH3 is 1. The summed E-state index contributed by atoms with van der Waals surface area (Å²) >= 11 is 6.02. The van der Waals surface area contributed by atoms with Crippen molar-refractivity contribution in [1.82, 2.24) is 5.32 Å². The van der Waals surface area contributed by atoms with Crippen molar-refractivity contribution in [2.75, 3.05) is 14.2 Å². The minimum absolute atomic E-state index is 0.207. The average Bonchev–Trinajstić information content (AvgIpc) is 2.49. The van der Waals surface area contributed by atoms with Gasteiger partial charge >= 0.3 is 0 Å². The Bertz CT molecular complexity index is 616. The van der Waals surface area contributed by atoms with E-state index in [1.165, 1.54) is 0 Å². The first-order valence-corrected chi connectivity index (χ1v) is 6.87. The standard InChI is InChI=1S/C16H16ClF2NO/c1-20-16(7-10-3-5-11(21-2)6-4-10)12-8-14(18)15(19)9-13(12)17/h3-6,8-9,16,20H,7H2,1-2H3. The van der Waals surface area contributed by atoms with Crippen LogP contribution in [0.4, 0.5) is 8.78 Å². The fraction of sp³-hybridized carbons (Fsp3) is 0.250. The molecule has 2 aromatic carbocycles. The van der Waals surface area contributed by atoms with E-state index in [1.54, 1.807) is 14.2 Å². The van der Waals surface area contributed by atoms with E-state index < -0.39 is 11.6 Å². The summed E-state index contributed by atoms with van der Waals surface area (Å²) in [4.78, 5) is 0. The third-order valence-corrected chi connectivity index (χ3v) is 3.69. The Hall–Kier alpha value is -1.65. The van der Waals surface area contributed by atoms with Crippen molar-refractivity contribution in [1.29, 1.82) is 0 Å². The van der Waals surface area contributed by atoms with E-state index >= 15 is 0 Å². The summed E-state index contributed by atoms with van der Waals surface area (Å²) in [5, 5.41) is 3.29. The van der Waals surface area contributed by atoms with E-state index in [1.807, 2.05) is 24.3 Å². The SMILES string of the molecule is CNC(Cc1ccc(OC)cc1)c1cc(F)c(F)cc1Cl. The van der Waals surface area contributed by atoms with E-state index in [2.05, 4.69) is 5.32 Å². The molecule has 1 atom stereocenters. The maximum Gasteiger partial charge on any atom is 0.160 e. The van der Waals surface area contributed by atoms with E-state index in [4.69, 9.17) is 16.3 Å². The highest BCUT2D eigenvalue weighted by Crippen LogP contribution is 2.28. The number of likely N-dealkylation sites (N-methyl/N-ethyl adjacent to an activating group) is 1. The largest absolute Gasteiger partial charge is 0.497 e. The molecule has 0 saturated carbocycles. The average molecular weight is 312 g/mol. The molecule has 2 nitrogen and oxygen atoms in total. The molecule has 1 N–H and O–H groups in total. The molecule has 2 rings (SSSR count). The number of hydrogen-bond acceptors (Lipinski definition) is 2. The van der Waals surface area contributed by atoms with Crippen LogP contribution in [0.15, 0.2) is 36.4 Å². The zero-order valence-corrected chi connectivity index (χ0v) is 12.5. The van der Waals surface area contributed by atoms with Gasteiger partial charge in [0.05, 0.1) is 7.11 Å². The van der Waals surface area contributed by atoms with E-state index in [-0.39, 0.29) is 11.1 Å². The third-order valence-electron chi connectivity index (χ3n) is 3.36. The number of halogens is 3. The van der Waals surface area contributed by atoms with Crippen LogP contribution in [0.1, 0.15) is 17.2 Å². The minimum Gasteiger partial charge on any atom is -0.497 e. The molecule has 5 heteroatoms. The van der Waals surface area contributed by atoms with Crippen molar-refractivity contribution in [2.24, 2.45) is 0 Å². The smallest absolute Gasteiger partial charge is 0.160 e. The quantitative estimate of drug-likeness (QED) is 0.838. The van der Waals surface area contributed by atoms with Gasteiger partial charge in [-0.2, -0.15) is 0 Å². The molecule has 0 aliphatic carbocycles. The molecule has 21 heavy (non-hydrogen) atoms. The highest BCUT2D eigenvalue weighted by molar-refractivity contribution is 6.31. The second-order valence-electron chi connectivity index (χ2n) is 4.68. The van der Waals surface area contributed by atoms with E-state index in [0.29, 0.717) is 12.0 Å². The maximum atomic E-state index is 13.4. The van der Waals surface area contributed by atoms with Gasteiger partial charge < -0.3 is 10.1 Å². The van der Waals surface area contributed by atoms with Crippen LogP contribution in [-0.4, -0.2) is 14.2 Å². The summed E-state index contributed by atoms with van der Waals surface area (Å²) in [6.45, 7) is 0. The second kappa shape index (κ2) is 6.87. The Balaban J connectivity index is 2.25. The molecule has 0 aliphatic heterocycles. The normalized spacial score (nSPS) is 12.2. The third kappa shape index (κ3) is 3.71. The van der Waals surface area contributed by atoms with Gasteiger partial charge in [-0.3, -0.25) is 0 Å². The van der Waals surface area contributed by atoms with Gasteiger partial charge in [0.25, 0.3) is 0 Å². The topological polar surface area (TPSA) is 21.3 Å². The highest BCUT2D eigenvalue weighted by Gasteiger charge is 2.17. The monoisotopic (exact) mass is 311 g/mol. The fourth-order valence-corrected chi connectivity index (χ4v) is 2.45. The van der Waals surface area contributed by atoms with Crippen LogP contribution in [0.2, 0.25) is 5.02 Å². The number of hydrogen-bond donors (Lipinski definition) is 1. The van der Waals surface area contributed by atoms with Gasteiger partial charge in [0, 0.05) is 11.1 Å². The maximum absolute atomic E-state index is 13.4. The highest BCUT2D eigenvalue weighted by atomic mass is 35.5. The first kappa shape index (κ1) is 15.7. The molecule has 0 spiro atoms. The number of rotatable bonds is 5. The van der Waals surface area contributed by atoms with Crippen molar-refractivity contribution in [3.63, 3.8) is 0 Å². The molecule has 2 aromatic rings. The molecular formula is C16H16ClF2NO. The lowest BCUT2D eigenvalue weighted by Crippen LogP contribution is -2.19. The van der Waals surface area contributed by atoms with Crippen molar-refractivity contribution >= 4 is 11.6 Å². The molecule has 0 amide bonds. The first-order valence-electron chi connectivity index (χ1n) is 6.49. The Kier molecular flexibility index (Phi) is 5.15. The zero-order chi connectivity index (χ0) is 15.4. The van der Waals surface area contributed by atoms with Gasteiger partial charge in [-0.15, -0.1) is 0 Å². The molecule has 0 fully saturated rings. The lowest BCUT2D eigenvalue weighted by molar-refractivity contribution is 0.414. The molecule has 0 aromatic heterocycles. The predicted molar refractivity (Wildman–Crippen MR) is 79.9 cm³/mol. The second-order valence-corrected chi connectivity index (χ2v) is 5.09. The summed E-state index contributed by atoms with van der Waals surface area (Å²) in [5.41, 5.74) is 1.57.